The summed E-state index contributed by atoms with van der Waals surface area (Å²) in [4.78, 5) is 38.9. The topological polar surface area (TPSA) is 66.5 Å². The fourth-order valence-electron chi connectivity index (χ4n) is 3.58. The highest BCUT2D eigenvalue weighted by Crippen LogP contribution is 2.29. The lowest BCUT2D eigenvalue weighted by Crippen LogP contribution is -2.41. The normalized spacial score (nSPS) is 12.5. The number of nitrogens with zero attached hydrogens (tertiary/aromatic N) is 1. The van der Waals surface area contributed by atoms with Gasteiger partial charge in [-0.2, -0.15) is 0 Å². The van der Waals surface area contributed by atoms with Crippen LogP contribution in [0, 0.1) is 11.8 Å². The summed E-state index contributed by atoms with van der Waals surface area (Å²) in [6.07, 6.45) is 0.615. The van der Waals surface area contributed by atoms with Crippen molar-refractivity contribution < 1.29 is 14.4 Å². The molecule has 1 heterocycles. The molecule has 1 aliphatic rings. The molecule has 1 aliphatic heterocycles. The first kappa shape index (κ1) is 19.4. The van der Waals surface area contributed by atoms with Crippen LogP contribution in [0.15, 0.2) is 66.7 Å². The molecule has 0 atom stereocenters. The molecule has 3 amide bonds. The number of nitrogens with one attached hydrogen (secondary N) is 1. The number of carbonyl (C=O) groups is 3. The maximum Gasteiger partial charge on any atom is 0.261 e. The Kier molecular flexibility index (Phi) is 5.58. The van der Waals surface area contributed by atoms with Gasteiger partial charge in [0, 0.05) is 35.0 Å². The van der Waals surface area contributed by atoms with Crippen molar-refractivity contribution in [1.29, 1.82) is 0 Å². The fourth-order valence-corrected chi connectivity index (χ4v) is 3.58. The van der Waals surface area contributed by atoms with Crippen LogP contribution in [0.1, 0.15) is 39.1 Å². The molecular weight excluding hydrogens is 376 g/mol. The molecule has 148 valence electrons. The van der Waals surface area contributed by atoms with Gasteiger partial charge in [-0.1, -0.05) is 54.3 Å². The summed E-state index contributed by atoms with van der Waals surface area (Å²) >= 11 is 0. The second-order valence-corrected chi connectivity index (χ2v) is 7.02. The van der Waals surface area contributed by atoms with Crippen molar-refractivity contribution in [3.63, 3.8) is 0 Å². The Labute approximate surface area is 174 Å². The van der Waals surface area contributed by atoms with E-state index < -0.39 is 0 Å². The van der Waals surface area contributed by atoms with Crippen molar-refractivity contribution in [1.82, 2.24) is 10.2 Å². The molecule has 0 aromatic heterocycles. The van der Waals surface area contributed by atoms with E-state index in [-0.39, 0.29) is 37.2 Å². The third-order valence-corrected chi connectivity index (χ3v) is 5.02. The highest BCUT2D eigenvalue weighted by Gasteiger charge is 2.32. The first-order valence-electron chi connectivity index (χ1n) is 9.84. The van der Waals surface area contributed by atoms with E-state index in [1.165, 1.54) is 4.90 Å². The first-order valence-corrected chi connectivity index (χ1v) is 9.84. The van der Waals surface area contributed by atoms with Crippen LogP contribution in [0.5, 0.6) is 0 Å². The van der Waals surface area contributed by atoms with Crippen LogP contribution in [0.25, 0.3) is 10.8 Å². The largest absolute Gasteiger partial charge is 0.345 e. The van der Waals surface area contributed by atoms with E-state index in [1.54, 1.807) is 12.1 Å². The van der Waals surface area contributed by atoms with Crippen molar-refractivity contribution >= 4 is 28.5 Å². The van der Waals surface area contributed by atoms with Gasteiger partial charge in [0.1, 0.15) is 0 Å². The molecule has 3 aromatic rings. The van der Waals surface area contributed by atoms with Crippen LogP contribution in [-0.2, 0) is 4.79 Å². The summed E-state index contributed by atoms with van der Waals surface area (Å²) < 4.78 is 0. The number of carbonyl (C=O) groups excluding carboxylic acids is 3. The van der Waals surface area contributed by atoms with Crippen LogP contribution < -0.4 is 5.32 Å². The highest BCUT2D eigenvalue weighted by molar-refractivity contribution is 6.25. The molecule has 0 radical (unpaired) electrons. The first-order chi connectivity index (χ1) is 14.6. The van der Waals surface area contributed by atoms with Crippen LogP contribution in [0.2, 0.25) is 0 Å². The Balaban J connectivity index is 1.32. The summed E-state index contributed by atoms with van der Waals surface area (Å²) in [6, 6.07) is 20.4. The third-order valence-electron chi connectivity index (χ3n) is 5.02. The molecular formula is C25H20N2O3. The van der Waals surface area contributed by atoms with Crippen LogP contribution in [0.4, 0.5) is 0 Å². The molecule has 0 bridgehead atoms. The van der Waals surface area contributed by atoms with E-state index >= 15 is 0 Å². The van der Waals surface area contributed by atoms with E-state index in [2.05, 4.69) is 17.2 Å². The molecule has 30 heavy (non-hydrogen) atoms. The van der Waals surface area contributed by atoms with Crippen molar-refractivity contribution in [2.45, 2.75) is 12.8 Å². The molecule has 0 aliphatic carbocycles. The number of benzene rings is 3. The van der Waals surface area contributed by atoms with Gasteiger partial charge in [-0.3, -0.25) is 19.3 Å². The lowest BCUT2D eigenvalue weighted by Gasteiger charge is -2.27. The number of imide groups is 1. The minimum absolute atomic E-state index is 0.156. The summed E-state index contributed by atoms with van der Waals surface area (Å²) in [5.74, 6) is 5.11. The van der Waals surface area contributed by atoms with Gasteiger partial charge in [-0.05, 0) is 36.1 Å². The van der Waals surface area contributed by atoms with Gasteiger partial charge in [-0.15, -0.1) is 0 Å². The van der Waals surface area contributed by atoms with Gasteiger partial charge in [0.2, 0.25) is 5.91 Å². The molecule has 0 spiro atoms. The maximum atomic E-state index is 12.8. The highest BCUT2D eigenvalue weighted by atomic mass is 16.2. The van der Waals surface area contributed by atoms with Crippen LogP contribution in [0.3, 0.4) is 0 Å². The molecule has 1 N–H and O–H groups in total. The van der Waals surface area contributed by atoms with E-state index in [9.17, 15) is 14.4 Å². The van der Waals surface area contributed by atoms with Crippen molar-refractivity contribution in [2.24, 2.45) is 0 Å². The van der Waals surface area contributed by atoms with Gasteiger partial charge in [0.15, 0.2) is 0 Å². The van der Waals surface area contributed by atoms with Crippen LogP contribution in [-0.4, -0.2) is 35.7 Å². The Morgan fingerprint density at radius 2 is 1.53 bits per heavy atom. The average molecular weight is 396 g/mol. The Morgan fingerprint density at radius 3 is 2.20 bits per heavy atom. The quantitative estimate of drug-likeness (QED) is 0.531. The zero-order valence-electron chi connectivity index (χ0n) is 16.4. The number of amides is 3. The van der Waals surface area contributed by atoms with Crippen molar-refractivity contribution in [3.8, 4) is 11.8 Å². The van der Waals surface area contributed by atoms with Crippen molar-refractivity contribution in [2.75, 3.05) is 13.1 Å². The van der Waals surface area contributed by atoms with Gasteiger partial charge in [-0.25, -0.2) is 0 Å². The van der Waals surface area contributed by atoms with Gasteiger partial charge in [0.05, 0.1) is 6.54 Å². The van der Waals surface area contributed by atoms with E-state index in [0.29, 0.717) is 22.9 Å². The van der Waals surface area contributed by atoms with Gasteiger partial charge >= 0.3 is 0 Å². The average Bonchev–Trinajstić information content (AvgIpc) is 2.78. The summed E-state index contributed by atoms with van der Waals surface area (Å²) in [5, 5.41) is 4.33. The maximum absolute atomic E-state index is 12.8. The monoisotopic (exact) mass is 396 g/mol. The second kappa shape index (κ2) is 8.62. The SMILES string of the molecule is O=C(CCCN1C(=O)c2cccc3cccc(c23)C1=O)NCC#Cc1ccccc1. The minimum Gasteiger partial charge on any atom is -0.345 e. The Hall–Kier alpha value is -3.91. The summed E-state index contributed by atoms with van der Waals surface area (Å²) in [6.45, 7) is 0.455. The predicted octanol–water partition coefficient (Wildman–Crippen LogP) is 3.38. The van der Waals surface area contributed by atoms with Crippen molar-refractivity contribution in [3.05, 3.63) is 83.4 Å². The zero-order chi connectivity index (χ0) is 20.9. The molecule has 5 nitrogen and oxygen atoms in total. The molecule has 4 rings (SSSR count). The number of hydrogen-bond acceptors (Lipinski definition) is 3. The lowest BCUT2D eigenvalue weighted by molar-refractivity contribution is -0.121. The smallest absolute Gasteiger partial charge is 0.261 e. The third kappa shape index (κ3) is 3.94. The Bertz CT molecular complexity index is 1140. The van der Waals surface area contributed by atoms with Gasteiger partial charge in [0.25, 0.3) is 11.8 Å². The van der Waals surface area contributed by atoms with E-state index in [0.717, 1.165) is 10.9 Å². The van der Waals surface area contributed by atoms with Crippen LogP contribution >= 0.6 is 0 Å². The lowest BCUT2D eigenvalue weighted by atomic mass is 9.94. The predicted molar refractivity (Wildman–Crippen MR) is 115 cm³/mol. The molecule has 0 saturated carbocycles. The molecule has 0 fully saturated rings. The van der Waals surface area contributed by atoms with E-state index in [4.69, 9.17) is 0 Å². The molecule has 0 unspecified atom stereocenters. The Morgan fingerprint density at radius 1 is 0.867 bits per heavy atom. The zero-order valence-corrected chi connectivity index (χ0v) is 16.4. The molecule has 3 aromatic carbocycles. The summed E-state index contributed by atoms with van der Waals surface area (Å²) in [7, 11) is 0. The van der Waals surface area contributed by atoms with E-state index in [1.807, 2.05) is 54.6 Å². The number of hydrogen-bond donors (Lipinski definition) is 1. The summed E-state index contributed by atoms with van der Waals surface area (Å²) in [5.41, 5.74) is 1.95. The molecule has 0 saturated heterocycles. The standard InChI is InChI=1S/C25H20N2O3/c28-22(26-16-6-10-18-8-2-1-3-9-18)15-7-17-27-24(29)20-13-4-11-19-12-5-14-21(23(19)20)25(27)30/h1-5,8-9,11-14H,7,15-17H2,(H,26,28). The number of rotatable bonds is 5. The van der Waals surface area contributed by atoms with Gasteiger partial charge < -0.3 is 5.32 Å². The fraction of sp³-hybridized carbons (Fsp3) is 0.160. The minimum atomic E-state index is -0.307. The second-order valence-electron chi connectivity index (χ2n) is 7.02. The molecule has 5 heteroatoms.